The molecule has 0 atom stereocenters. The Morgan fingerprint density at radius 1 is 1.53 bits per heavy atom. The Kier molecular flexibility index (Phi) is 4.07. The number of benzene rings is 1. The SMILES string of the molecule is Cc1ccc(SCC(=O)NC2CC2)c(CO)c1. The molecular weight excluding hydrogens is 234 g/mol. The number of hydrogen-bond donors (Lipinski definition) is 2. The summed E-state index contributed by atoms with van der Waals surface area (Å²) in [5.74, 6) is 0.508. The van der Waals surface area contributed by atoms with E-state index in [0.717, 1.165) is 28.9 Å². The zero-order valence-electron chi connectivity index (χ0n) is 9.90. The van der Waals surface area contributed by atoms with E-state index in [2.05, 4.69) is 5.32 Å². The molecule has 1 saturated carbocycles. The van der Waals surface area contributed by atoms with Gasteiger partial charge in [-0.1, -0.05) is 17.7 Å². The van der Waals surface area contributed by atoms with E-state index in [4.69, 9.17) is 0 Å². The monoisotopic (exact) mass is 251 g/mol. The first-order valence-corrected chi connectivity index (χ1v) is 6.80. The average molecular weight is 251 g/mol. The molecule has 1 aliphatic rings. The molecule has 2 N–H and O–H groups in total. The van der Waals surface area contributed by atoms with Crippen molar-refractivity contribution in [1.29, 1.82) is 0 Å². The van der Waals surface area contributed by atoms with E-state index in [1.807, 2.05) is 25.1 Å². The van der Waals surface area contributed by atoms with Crippen molar-refractivity contribution >= 4 is 17.7 Å². The fourth-order valence-corrected chi connectivity index (χ4v) is 2.46. The molecule has 0 spiro atoms. The Bertz CT molecular complexity index is 416. The van der Waals surface area contributed by atoms with Gasteiger partial charge in [0, 0.05) is 10.9 Å². The van der Waals surface area contributed by atoms with Gasteiger partial charge in [0.05, 0.1) is 12.4 Å². The van der Waals surface area contributed by atoms with Gasteiger partial charge in [-0.05, 0) is 31.4 Å². The minimum atomic E-state index is 0.0221. The second kappa shape index (κ2) is 5.56. The van der Waals surface area contributed by atoms with Crippen LogP contribution in [0.3, 0.4) is 0 Å². The zero-order valence-corrected chi connectivity index (χ0v) is 10.7. The molecule has 1 fully saturated rings. The second-order valence-corrected chi connectivity index (χ2v) is 5.42. The summed E-state index contributed by atoms with van der Waals surface area (Å²) >= 11 is 1.49. The number of thioether (sulfide) groups is 1. The number of rotatable bonds is 5. The van der Waals surface area contributed by atoms with Crippen LogP contribution < -0.4 is 5.32 Å². The molecule has 1 aromatic carbocycles. The summed E-state index contributed by atoms with van der Waals surface area (Å²) in [6.45, 7) is 2.02. The topological polar surface area (TPSA) is 49.3 Å². The van der Waals surface area contributed by atoms with Gasteiger partial charge in [-0.2, -0.15) is 0 Å². The lowest BCUT2D eigenvalue weighted by molar-refractivity contribution is -0.118. The highest BCUT2D eigenvalue weighted by atomic mass is 32.2. The van der Waals surface area contributed by atoms with Crippen molar-refractivity contribution in [2.24, 2.45) is 0 Å². The Balaban J connectivity index is 1.90. The highest BCUT2D eigenvalue weighted by Gasteiger charge is 2.23. The van der Waals surface area contributed by atoms with Crippen LogP contribution >= 0.6 is 11.8 Å². The van der Waals surface area contributed by atoms with E-state index in [1.54, 1.807) is 0 Å². The van der Waals surface area contributed by atoms with Gasteiger partial charge in [0.15, 0.2) is 0 Å². The van der Waals surface area contributed by atoms with Gasteiger partial charge in [0.1, 0.15) is 0 Å². The van der Waals surface area contributed by atoms with E-state index in [9.17, 15) is 9.90 Å². The fourth-order valence-electron chi connectivity index (χ4n) is 1.61. The van der Waals surface area contributed by atoms with Gasteiger partial charge in [0.25, 0.3) is 0 Å². The van der Waals surface area contributed by atoms with Gasteiger partial charge >= 0.3 is 0 Å². The molecule has 0 unspecified atom stereocenters. The molecule has 0 bridgehead atoms. The number of nitrogens with one attached hydrogen (secondary N) is 1. The summed E-state index contributed by atoms with van der Waals surface area (Å²) in [7, 11) is 0. The van der Waals surface area contributed by atoms with Crippen LogP contribution in [0.2, 0.25) is 0 Å². The first-order valence-electron chi connectivity index (χ1n) is 5.81. The molecule has 1 amide bonds. The molecule has 0 aliphatic heterocycles. The van der Waals surface area contributed by atoms with Crippen molar-refractivity contribution < 1.29 is 9.90 Å². The van der Waals surface area contributed by atoms with Crippen molar-refractivity contribution in [1.82, 2.24) is 5.32 Å². The molecule has 0 radical (unpaired) electrons. The largest absolute Gasteiger partial charge is 0.392 e. The fraction of sp³-hybridized carbons (Fsp3) is 0.462. The Labute approximate surface area is 106 Å². The summed E-state index contributed by atoms with van der Waals surface area (Å²) < 4.78 is 0. The summed E-state index contributed by atoms with van der Waals surface area (Å²) in [6, 6.07) is 6.34. The normalized spacial score (nSPS) is 14.7. The maximum absolute atomic E-state index is 11.5. The van der Waals surface area contributed by atoms with Crippen molar-refractivity contribution in [2.75, 3.05) is 5.75 Å². The summed E-state index contributed by atoms with van der Waals surface area (Å²) in [5, 5.41) is 12.2. The molecule has 0 aromatic heterocycles. The number of aliphatic hydroxyl groups is 1. The summed E-state index contributed by atoms with van der Waals surface area (Å²) in [6.07, 6.45) is 2.23. The molecule has 4 heteroatoms. The predicted octanol–water partition coefficient (Wildman–Crippen LogP) is 1.86. The van der Waals surface area contributed by atoms with Gasteiger partial charge in [0.2, 0.25) is 5.91 Å². The number of hydrogen-bond acceptors (Lipinski definition) is 3. The minimum absolute atomic E-state index is 0.0221. The third-order valence-corrected chi connectivity index (χ3v) is 3.80. The molecule has 92 valence electrons. The molecular formula is C13H17NO2S. The molecule has 17 heavy (non-hydrogen) atoms. The molecule has 1 aromatic rings. The van der Waals surface area contributed by atoms with Crippen molar-refractivity contribution in [3.63, 3.8) is 0 Å². The van der Waals surface area contributed by atoms with Crippen molar-refractivity contribution in [2.45, 2.75) is 37.3 Å². The summed E-state index contributed by atoms with van der Waals surface area (Å²) in [5.41, 5.74) is 2.02. The van der Waals surface area contributed by atoms with Gasteiger partial charge < -0.3 is 10.4 Å². The third kappa shape index (κ3) is 3.75. The third-order valence-electron chi connectivity index (χ3n) is 2.69. The quantitative estimate of drug-likeness (QED) is 0.785. The lowest BCUT2D eigenvalue weighted by Crippen LogP contribution is -2.27. The van der Waals surface area contributed by atoms with E-state index in [1.165, 1.54) is 11.8 Å². The van der Waals surface area contributed by atoms with Crippen LogP contribution in [0.5, 0.6) is 0 Å². The maximum Gasteiger partial charge on any atom is 0.230 e. The Morgan fingerprint density at radius 3 is 2.94 bits per heavy atom. The highest BCUT2D eigenvalue weighted by molar-refractivity contribution is 8.00. The standard InChI is InChI=1S/C13H17NO2S/c1-9-2-5-12(10(6-9)7-15)17-8-13(16)14-11-3-4-11/h2,5-6,11,15H,3-4,7-8H2,1H3,(H,14,16). The van der Waals surface area contributed by atoms with E-state index in [0.29, 0.717) is 11.8 Å². The second-order valence-electron chi connectivity index (χ2n) is 4.40. The van der Waals surface area contributed by atoms with Crippen LogP contribution in [0, 0.1) is 6.92 Å². The van der Waals surface area contributed by atoms with Crippen LogP contribution in [0.4, 0.5) is 0 Å². The lowest BCUT2D eigenvalue weighted by atomic mass is 10.1. The van der Waals surface area contributed by atoms with Crippen molar-refractivity contribution in [3.8, 4) is 0 Å². The molecule has 0 saturated heterocycles. The minimum Gasteiger partial charge on any atom is -0.392 e. The highest BCUT2D eigenvalue weighted by Crippen LogP contribution is 2.24. The molecule has 0 heterocycles. The summed E-state index contributed by atoms with van der Waals surface area (Å²) in [4.78, 5) is 12.5. The van der Waals surface area contributed by atoms with E-state index in [-0.39, 0.29) is 12.5 Å². The van der Waals surface area contributed by atoms with Crippen LogP contribution in [0.25, 0.3) is 0 Å². The lowest BCUT2D eigenvalue weighted by Gasteiger charge is -2.08. The number of carbonyl (C=O) groups excluding carboxylic acids is 1. The van der Waals surface area contributed by atoms with E-state index < -0.39 is 0 Å². The van der Waals surface area contributed by atoms with Gasteiger partial charge in [-0.3, -0.25) is 4.79 Å². The average Bonchev–Trinajstić information content (AvgIpc) is 3.11. The van der Waals surface area contributed by atoms with E-state index >= 15 is 0 Å². The van der Waals surface area contributed by atoms with Crippen LogP contribution in [-0.2, 0) is 11.4 Å². The Morgan fingerprint density at radius 2 is 2.29 bits per heavy atom. The van der Waals surface area contributed by atoms with Crippen molar-refractivity contribution in [3.05, 3.63) is 29.3 Å². The predicted molar refractivity (Wildman–Crippen MR) is 69.0 cm³/mol. The van der Waals surface area contributed by atoms with Gasteiger partial charge in [-0.15, -0.1) is 11.8 Å². The van der Waals surface area contributed by atoms with Gasteiger partial charge in [-0.25, -0.2) is 0 Å². The Hall–Kier alpha value is -1.00. The molecule has 1 aliphatic carbocycles. The zero-order chi connectivity index (χ0) is 12.3. The number of aryl methyl sites for hydroxylation is 1. The molecule has 2 rings (SSSR count). The van der Waals surface area contributed by atoms with Crippen LogP contribution in [-0.4, -0.2) is 22.8 Å². The smallest absolute Gasteiger partial charge is 0.230 e. The number of amides is 1. The van der Waals surface area contributed by atoms with Crippen LogP contribution in [0.1, 0.15) is 24.0 Å². The molecule has 3 nitrogen and oxygen atoms in total. The first-order chi connectivity index (χ1) is 8.19. The van der Waals surface area contributed by atoms with Crippen LogP contribution in [0.15, 0.2) is 23.1 Å². The first kappa shape index (κ1) is 12.5. The number of aliphatic hydroxyl groups excluding tert-OH is 1. The number of carbonyl (C=O) groups is 1. The maximum atomic E-state index is 11.5.